The molecule has 2 aliphatic rings. The van der Waals surface area contributed by atoms with Crippen LogP contribution in [0.25, 0.3) is 21.7 Å². The van der Waals surface area contributed by atoms with Crippen molar-refractivity contribution in [3.63, 3.8) is 0 Å². The first-order valence-electron chi connectivity index (χ1n) is 16.6. The highest BCUT2D eigenvalue weighted by molar-refractivity contribution is 6.09. The van der Waals surface area contributed by atoms with Gasteiger partial charge in [0.05, 0.1) is 11.4 Å². The van der Waals surface area contributed by atoms with Crippen LogP contribution in [0.1, 0.15) is 52.9 Å². The molecule has 1 aliphatic carbocycles. The van der Waals surface area contributed by atoms with E-state index in [0.29, 0.717) is 12.1 Å². The molecule has 0 saturated carbocycles. The summed E-state index contributed by atoms with van der Waals surface area (Å²) in [5.41, 5.74) is 7.48. The summed E-state index contributed by atoms with van der Waals surface area (Å²) in [7, 11) is 0. The third-order valence-corrected chi connectivity index (χ3v) is 9.43. The molecule has 4 aromatic carbocycles. The van der Waals surface area contributed by atoms with Crippen LogP contribution in [0.15, 0.2) is 91.0 Å². The second-order valence-electron chi connectivity index (χ2n) is 12.6. The van der Waals surface area contributed by atoms with Gasteiger partial charge in [-0.15, -0.1) is 0 Å². The molecule has 0 bridgehead atoms. The van der Waals surface area contributed by atoms with Crippen LogP contribution in [0.5, 0.6) is 0 Å². The Bertz CT molecular complexity index is 1860. The molecule has 234 valence electrons. The maximum atomic E-state index is 13.0. The molecule has 1 atom stereocenters. The average molecular weight is 612 g/mol. The van der Waals surface area contributed by atoms with E-state index < -0.39 is 0 Å². The van der Waals surface area contributed by atoms with E-state index in [1.165, 1.54) is 35.2 Å². The average Bonchev–Trinajstić information content (AvgIpc) is 3.56. The first-order chi connectivity index (χ1) is 22.6. The number of carbonyl (C=O) groups excluding carboxylic acids is 2. The van der Waals surface area contributed by atoms with E-state index in [1.54, 1.807) is 0 Å². The van der Waals surface area contributed by atoms with E-state index in [-0.39, 0.29) is 17.7 Å². The van der Waals surface area contributed by atoms with E-state index in [1.807, 2.05) is 66.7 Å². The summed E-state index contributed by atoms with van der Waals surface area (Å²) >= 11 is 0. The van der Waals surface area contributed by atoms with E-state index in [0.717, 1.165) is 79.4 Å². The highest BCUT2D eigenvalue weighted by atomic mass is 16.2. The summed E-state index contributed by atoms with van der Waals surface area (Å²) in [5.74, 6) is 0.0362. The molecular formula is C39H41N5O2. The van der Waals surface area contributed by atoms with Crippen molar-refractivity contribution in [3.8, 4) is 0 Å². The Balaban J connectivity index is 0.863. The van der Waals surface area contributed by atoms with Crippen LogP contribution < -0.4 is 16.0 Å². The fourth-order valence-electron chi connectivity index (χ4n) is 6.97. The number of hydrogen-bond donors (Lipinski definition) is 3. The molecule has 1 aliphatic heterocycles. The van der Waals surface area contributed by atoms with Gasteiger partial charge in [0.15, 0.2) is 0 Å². The molecule has 0 unspecified atom stereocenters. The highest BCUT2D eigenvalue weighted by Gasteiger charge is 2.28. The predicted molar refractivity (Wildman–Crippen MR) is 186 cm³/mol. The molecule has 2 heterocycles. The number of aryl methyl sites for hydroxylation is 1. The fourth-order valence-corrected chi connectivity index (χ4v) is 6.97. The summed E-state index contributed by atoms with van der Waals surface area (Å²) in [6, 6.07) is 30.2. The number of fused-ring (bicyclic) bond motifs is 3. The number of rotatable bonds is 10. The zero-order valence-corrected chi connectivity index (χ0v) is 26.2. The van der Waals surface area contributed by atoms with Crippen molar-refractivity contribution in [2.45, 2.75) is 45.1 Å². The SMILES string of the molecule is O=C(Nc1cccc2ccccc12)c1ccc(CN2CC[C@@H](C(=O)NCCCNc3c4c(nc5ccccc35)CCCC4)C2)cc1. The van der Waals surface area contributed by atoms with Crippen LogP contribution in [0.3, 0.4) is 0 Å². The van der Waals surface area contributed by atoms with E-state index in [9.17, 15) is 9.59 Å². The van der Waals surface area contributed by atoms with E-state index >= 15 is 0 Å². The number of pyridine rings is 1. The largest absolute Gasteiger partial charge is 0.384 e. The number of nitrogens with one attached hydrogen (secondary N) is 3. The second-order valence-corrected chi connectivity index (χ2v) is 12.6. The number of hydrogen-bond acceptors (Lipinski definition) is 5. The van der Waals surface area contributed by atoms with Crippen LogP contribution in [0, 0.1) is 5.92 Å². The lowest BCUT2D eigenvalue weighted by Gasteiger charge is -2.21. The monoisotopic (exact) mass is 611 g/mol. The normalized spacial score (nSPS) is 16.3. The molecule has 1 saturated heterocycles. The van der Waals surface area contributed by atoms with Crippen molar-refractivity contribution >= 4 is 44.9 Å². The second kappa shape index (κ2) is 13.7. The van der Waals surface area contributed by atoms with Crippen molar-refractivity contribution < 1.29 is 9.59 Å². The van der Waals surface area contributed by atoms with Gasteiger partial charge in [0.25, 0.3) is 5.91 Å². The Hall–Kier alpha value is -4.75. The Kier molecular flexibility index (Phi) is 8.92. The smallest absolute Gasteiger partial charge is 0.255 e. The standard InChI is InChI=1S/C39H41N5O2/c45-38(41-23-8-22-40-37-32-12-3-5-14-35(32)42-36-15-6-4-13-33(36)37)30-21-24-44(26-30)25-27-17-19-29(20-18-27)39(46)43-34-16-7-10-28-9-1-2-11-31(28)34/h1-3,5,7,9-12,14,16-20,30H,4,6,8,13,15,21-26H2,(H,40,42)(H,41,45)(H,43,46)/t30-/m1/s1. The minimum Gasteiger partial charge on any atom is -0.384 e. The molecule has 1 aromatic heterocycles. The number of benzene rings is 4. The maximum Gasteiger partial charge on any atom is 0.255 e. The zero-order valence-electron chi connectivity index (χ0n) is 26.2. The molecular weight excluding hydrogens is 570 g/mol. The summed E-state index contributed by atoms with van der Waals surface area (Å²) in [6.45, 7) is 3.89. The molecule has 2 amide bonds. The van der Waals surface area contributed by atoms with E-state index in [2.05, 4.69) is 45.1 Å². The lowest BCUT2D eigenvalue weighted by molar-refractivity contribution is -0.124. The van der Waals surface area contributed by atoms with Gasteiger partial charge in [-0.2, -0.15) is 0 Å². The first kappa shape index (κ1) is 29.9. The van der Waals surface area contributed by atoms with Crippen molar-refractivity contribution in [1.29, 1.82) is 0 Å². The zero-order chi connectivity index (χ0) is 31.3. The van der Waals surface area contributed by atoms with Crippen LogP contribution >= 0.6 is 0 Å². The lowest BCUT2D eigenvalue weighted by atomic mass is 9.92. The molecule has 7 rings (SSSR count). The number of carbonyl (C=O) groups is 2. The molecule has 3 N–H and O–H groups in total. The van der Waals surface area contributed by atoms with Gasteiger partial charge in [-0.1, -0.05) is 66.7 Å². The van der Waals surface area contributed by atoms with Gasteiger partial charge >= 0.3 is 0 Å². The summed E-state index contributed by atoms with van der Waals surface area (Å²) in [4.78, 5) is 33.2. The fraction of sp³-hybridized carbons (Fsp3) is 0.308. The Morgan fingerprint density at radius 1 is 0.826 bits per heavy atom. The molecule has 7 nitrogen and oxygen atoms in total. The topological polar surface area (TPSA) is 86.4 Å². The molecule has 5 aromatic rings. The maximum absolute atomic E-state index is 13.0. The molecule has 0 spiro atoms. The van der Waals surface area contributed by atoms with Gasteiger partial charge in [0.1, 0.15) is 0 Å². The quantitative estimate of drug-likeness (QED) is 0.149. The first-order valence-corrected chi connectivity index (χ1v) is 16.6. The number of amides is 2. The van der Waals surface area contributed by atoms with Crippen molar-refractivity contribution in [3.05, 3.63) is 113 Å². The summed E-state index contributed by atoms with van der Waals surface area (Å²) in [5, 5.41) is 13.3. The van der Waals surface area contributed by atoms with Crippen LogP contribution in [0.2, 0.25) is 0 Å². The minimum absolute atomic E-state index is 0.00914. The number of para-hydroxylation sites is 1. The number of likely N-dealkylation sites (tertiary alicyclic amines) is 1. The Morgan fingerprint density at radius 2 is 1.61 bits per heavy atom. The molecule has 7 heteroatoms. The predicted octanol–water partition coefficient (Wildman–Crippen LogP) is 6.96. The number of nitrogens with zero attached hydrogens (tertiary/aromatic N) is 2. The van der Waals surface area contributed by atoms with E-state index in [4.69, 9.17) is 4.98 Å². The summed E-state index contributed by atoms with van der Waals surface area (Å²) in [6.07, 6.45) is 6.29. The Labute approximate surface area is 270 Å². The van der Waals surface area contributed by atoms with Gasteiger partial charge in [-0.3, -0.25) is 19.5 Å². The van der Waals surface area contributed by atoms with Crippen LogP contribution in [0.4, 0.5) is 11.4 Å². The van der Waals surface area contributed by atoms with Gasteiger partial charge in [0.2, 0.25) is 5.91 Å². The van der Waals surface area contributed by atoms with Gasteiger partial charge in [-0.05, 0) is 85.8 Å². The molecule has 0 radical (unpaired) electrons. The van der Waals surface area contributed by atoms with Crippen molar-refractivity contribution in [2.75, 3.05) is 36.8 Å². The van der Waals surface area contributed by atoms with Crippen LogP contribution in [-0.4, -0.2) is 47.9 Å². The molecule has 46 heavy (non-hydrogen) atoms. The van der Waals surface area contributed by atoms with Crippen LogP contribution in [-0.2, 0) is 24.2 Å². The molecule has 1 fully saturated rings. The highest BCUT2D eigenvalue weighted by Crippen LogP contribution is 2.33. The minimum atomic E-state index is -0.121. The number of anilines is 2. The van der Waals surface area contributed by atoms with Crippen molar-refractivity contribution in [1.82, 2.24) is 15.2 Å². The van der Waals surface area contributed by atoms with Gasteiger partial charge in [-0.25, -0.2) is 0 Å². The third kappa shape index (κ3) is 6.60. The lowest BCUT2D eigenvalue weighted by Crippen LogP contribution is -2.33. The Morgan fingerprint density at radius 3 is 2.50 bits per heavy atom. The van der Waals surface area contributed by atoms with Crippen molar-refractivity contribution in [2.24, 2.45) is 5.92 Å². The van der Waals surface area contributed by atoms with Gasteiger partial charge < -0.3 is 16.0 Å². The number of aromatic nitrogens is 1. The third-order valence-electron chi connectivity index (χ3n) is 9.43. The summed E-state index contributed by atoms with van der Waals surface area (Å²) < 4.78 is 0. The van der Waals surface area contributed by atoms with Gasteiger partial charge in [0, 0.05) is 59.6 Å².